The van der Waals surface area contributed by atoms with Gasteiger partial charge in [-0.3, -0.25) is 4.68 Å². The lowest BCUT2D eigenvalue weighted by Gasteiger charge is -2.16. The molecule has 0 unspecified atom stereocenters. The first kappa shape index (κ1) is 20.8. The van der Waals surface area contributed by atoms with Gasteiger partial charge < -0.3 is 10.6 Å². The van der Waals surface area contributed by atoms with Crippen molar-refractivity contribution in [3.05, 3.63) is 76.9 Å². The maximum atomic E-state index is 13.9. The molecule has 152 valence electrons. The van der Waals surface area contributed by atoms with Crippen molar-refractivity contribution in [1.82, 2.24) is 9.78 Å². The molecule has 0 saturated carbocycles. The van der Waals surface area contributed by atoms with E-state index in [4.69, 9.17) is 12.2 Å². The normalized spacial score (nSPS) is 11.4. The lowest BCUT2D eigenvalue weighted by Crippen LogP contribution is -2.22. The van der Waals surface area contributed by atoms with E-state index in [1.54, 1.807) is 36.7 Å². The summed E-state index contributed by atoms with van der Waals surface area (Å²) in [5.41, 5.74) is 1.35. The minimum Gasteiger partial charge on any atom is -0.332 e. The van der Waals surface area contributed by atoms with Gasteiger partial charge in [0.15, 0.2) is 5.11 Å². The minimum absolute atomic E-state index is 0.00154. The molecule has 9 heteroatoms. The van der Waals surface area contributed by atoms with Crippen molar-refractivity contribution in [2.24, 2.45) is 0 Å². The van der Waals surface area contributed by atoms with Crippen LogP contribution < -0.4 is 10.6 Å². The Bertz CT molecular complexity index is 1040. The molecule has 0 aliphatic heterocycles. The van der Waals surface area contributed by atoms with Crippen LogP contribution in [0.2, 0.25) is 0 Å². The Morgan fingerprint density at radius 1 is 1.03 bits per heavy atom. The van der Waals surface area contributed by atoms with Gasteiger partial charge in [0, 0.05) is 5.56 Å². The molecule has 0 aliphatic rings. The number of nitrogens with one attached hydrogen (secondary N) is 2. The van der Waals surface area contributed by atoms with Gasteiger partial charge in [-0.15, -0.1) is 0 Å². The largest absolute Gasteiger partial charge is 0.418 e. The number of anilines is 2. The van der Waals surface area contributed by atoms with E-state index in [1.807, 2.05) is 0 Å². The highest BCUT2D eigenvalue weighted by atomic mass is 32.1. The fourth-order valence-electron chi connectivity index (χ4n) is 2.93. The van der Waals surface area contributed by atoms with Crippen LogP contribution in [0.5, 0.6) is 0 Å². The van der Waals surface area contributed by atoms with Gasteiger partial charge in [0.1, 0.15) is 5.82 Å². The zero-order valence-electron chi connectivity index (χ0n) is 15.6. The van der Waals surface area contributed by atoms with Gasteiger partial charge in [-0.2, -0.15) is 18.3 Å². The molecule has 2 aromatic carbocycles. The first-order valence-corrected chi connectivity index (χ1v) is 9.09. The number of aryl methyl sites for hydroxylation is 1. The maximum absolute atomic E-state index is 13.9. The molecule has 29 heavy (non-hydrogen) atoms. The summed E-state index contributed by atoms with van der Waals surface area (Å²) in [5, 5.41) is 9.88. The number of rotatable bonds is 4. The summed E-state index contributed by atoms with van der Waals surface area (Å²) in [6.07, 6.45) is -4.50. The quantitative estimate of drug-likeness (QED) is 0.430. The Kier molecular flexibility index (Phi) is 5.88. The number of benzene rings is 2. The van der Waals surface area contributed by atoms with Crippen LogP contribution >= 0.6 is 12.2 Å². The third-order valence-corrected chi connectivity index (χ3v) is 4.58. The van der Waals surface area contributed by atoms with E-state index in [0.717, 1.165) is 6.07 Å². The highest BCUT2D eigenvalue weighted by Gasteiger charge is 2.33. The van der Waals surface area contributed by atoms with Crippen LogP contribution in [-0.2, 0) is 12.7 Å². The van der Waals surface area contributed by atoms with Gasteiger partial charge in [-0.1, -0.05) is 30.3 Å². The lowest BCUT2D eigenvalue weighted by atomic mass is 10.1. The molecule has 3 rings (SSSR count). The van der Waals surface area contributed by atoms with Crippen molar-refractivity contribution in [2.75, 3.05) is 10.6 Å². The molecule has 0 saturated heterocycles. The van der Waals surface area contributed by atoms with E-state index in [1.165, 1.54) is 24.3 Å². The average molecular weight is 422 g/mol. The zero-order valence-corrected chi connectivity index (χ0v) is 16.5. The molecule has 0 bridgehead atoms. The highest BCUT2D eigenvalue weighted by molar-refractivity contribution is 7.80. The topological polar surface area (TPSA) is 41.9 Å². The summed E-state index contributed by atoms with van der Waals surface area (Å²) in [6, 6.07) is 11.5. The molecular formula is C20H18F4N4S. The van der Waals surface area contributed by atoms with Crippen molar-refractivity contribution in [2.45, 2.75) is 26.6 Å². The van der Waals surface area contributed by atoms with Gasteiger partial charge in [0.2, 0.25) is 0 Å². The Hall–Kier alpha value is -2.94. The van der Waals surface area contributed by atoms with E-state index in [9.17, 15) is 17.6 Å². The van der Waals surface area contributed by atoms with Crippen molar-refractivity contribution < 1.29 is 17.6 Å². The predicted molar refractivity (Wildman–Crippen MR) is 108 cm³/mol. The molecule has 4 nitrogen and oxygen atoms in total. The number of para-hydroxylation sites is 1. The molecule has 3 aromatic rings. The van der Waals surface area contributed by atoms with E-state index in [0.29, 0.717) is 22.6 Å². The van der Waals surface area contributed by atoms with Gasteiger partial charge in [-0.25, -0.2) is 4.39 Å². The Morgan fingerprint density at radius 2 is 1.69 bits per heavy atom. The second-order valence-corrected chi connectivity index (χ2v) is 6.83. The number of hydrogen-bond acceptors (Lipinski definition) is 2. The van der Waals surface area contributed by atoms with Crippen LogP contribution in [-0.4, -0.2) is 14.9 Å². The second-order valence-electron chi connectivity index (χ2n) is 6.42. The van der Waals surface area contributed by atoms with Crippen LogP contribution in [0.3, 0.4) is 0 Å². The summed E-state index contributed by atoms with van der Waals surface area (Å²) in [4.78, 5) is 0. The SMILES string of the molecule is Cc1nn(Cc2ccccc2F)c(C)c1NC(=S)Nc1ccccc1C(F)(F)F. The van der Waals surface area contributed by atoms with E-state index < -0.39 is 11.7 Å². The van der Waals surface area contributed by atoms with Gasteiger partial charge in [-0.05, 0) is 44.3 Å². The standard InChI is InChI=1S/C20H18F4N4S/c1-12-18(13(2)28(27-12)11-14-7-3-5-9-16(14)21)26-19(29)25-17-10-6-4-8-15(17)20(22,23)24/h3-10H,11H2,1-2H3,(H2,25,26,29). The summed E-state index contributed by atoms with van der Waals surface area (Å²) in [6.45, 7) is 3.73. The summed E-state index contributed by atoms with van der Waals surface area (Å²) >= 11 is 5.19. The molecular weight excluding hydrogens is 404 g/mol. The Morgan fingerprint density at radius 3 is 2.38 bits per heavy atom. The highest BCUT2D eigenvalue weighted by Crippen LogP contribution is 2.34. The fraction of sp³-hybridized carbons (Fsp3) is 0.200. The van der Waals surface area contributed by atoms with E-state index in [-0.39, 0.29) is 23.2 Å². The van der Waals surface area contributed by atoms with E-state index >= 15 is 0 Å². The number of alkyl halides is 3. The maximum Gasteiger partial charge on any atom is 0.418 e. The molecule has 2 N–H and O–H groups in total. The number of aromatic nitrogens is 2. The number of nitrogens with zero attached hydrogens (tertiary/aromatic N) is 2. The molecule has 0 radical (unpaired) electrons. The average Bonchev–Trinajstić information content (AvgIpc) is 2.90. The van der Waals surface area contributed by atoms with Crippen LogP contribution in [0.1, 0.15) is 22.5 Å². The minimum atomic E-state index is -4.50. The fourth-order valence-corrected chi connectivity index (χ4v) is 3.14. The van der Waals surface area contributed by atoms with E-state index in [2.05, 4.69) is 15.7 Å². The molecule has 1 heterocycles. The lowest BCUT2D eigenvalue weighted by molar-refractivity contribution is -0.136. The summed E-state index contributed by atoms with van der Waals surface area (Å²) < 4.78 is 55.0. The molecule has 0 amide bonds. The zero-order chi connectivity index (χ0) is 21.2. The van der Waals surface area contributed by atoms with Crippen molar-refractivity contribution in [3.8, 4) is 0 Å². The van der Waals surface area contributed by atoms with Crippen molar-refractivity contribution in [1.29, 1.82) is 0 Å². The Labute approximate surface area is 170 Å². The predicted octanol–water partition coefficient (Wildman–Crippen LogP) is 5.52. The van der Waals surface area contributed by atoms with Crippen LogP contribution in [0, 0.1) is 19.7 Å². The second kappa shape index (κ2) is 8.20. The van der Waals surface area contributed by atoms with Crippen LogP contribution in [0.25, 0.3) is 0 Å². The van der Waals surface area contributed by atoms with Crippen molar-refractivity contribution in [3.63, 3.8) is 0 Å². The van der Waals surface area contributed by atoms with Gasteiger partial charge >= 0.3 is 6.18 Å². The third kappa shape index (κ3) is 4.73. The first-order valence-electron chi connectivity index (χ1n) is 8.68. The number of halogens is 4. The Balaban J connectivity index is 1.79. The molecule has 0 atom stereocenters. The van der Waals surface area contributed by atoms with Crippen LogP contribution in [0.15, 0.2) is 48.5 Å². The number of thiocarbonyl (C=S) groups is 1. The molecule has 1 aromatic heterocycles. The van der Waals surface area contributed by atoms with Gasteiger partial charge in [0.25, 0.3) is 0 Å². The molecule has 0 spiro atoms. The van der Waals surface area contributed by atoms with Gasteiger partial charge in [0.05, 0.1) is 34.9 Å². The first-order chi connectivity index (χ1) is 13.7. The third-order valence-electron chi connectivity index (χ3n) is 4.38. The summed E-state index contributed by atoms with van der Waals surface area (Å²) in [5.74, 6) is -0.337. The molecule has 0 aliphatic carbocycles. The monoisotopic (exact) mass is 422 g/mol. The molecule has 0 fully saturated rings. The number of hydrogen-bond donors (Lipinski definition) is 2. The van der Waals surface area contributed by atoms with Crippen LogP contribution in [0.4, 0.5) is 28.9 Å². The smallest absolute Gasteiger partial charge is 0.332 e. The summed E-state index contributed by atoms with van der Waals surface area (Å²) in [7, 11) is 0. The van der Waals surface area contributed by atoms with Crippen molar-refractivity contribution >= 4 is 28.7 Å².